The Balaban J connectivity index is 1.81. The van der Waals surface area contributed by atoms with E-state index in [4.69, 9.17) is 9.47 Å². The van der Waals surface area contributed by atoms with Gasteiger partial charge in [-0.1, -0.05) is 17.7 Å². The van der Waals surface area contributed by atoms with E-state index in [1.165, 1.54) is 0 Å². The summed E-state index contributed by atoms with van der Waals surface area (Å²) < 4.78 is 11.3. The highest BCUT2D eigenvalue weighted by Gasteiger charge is 2.69. The van der Waals surface area contributed by atoms with Gasteiger partial charge in [-0.15, -0.1) is 6.58 Å². The molecule has 1 spiro atoms. The summed E-state index contributed by atoms with van der Waals surface area (Å²) in [6.45, 7) is 5.87. The first-order valence-corrected chi connectivity index (χ1v) is 8.58. The number of hydrogen-bond acceptors (Lipinski definition) is 5. The zero-order chi connectivity index (χ0) is 18.6. The van der Waals surface area contributed by atoms with Crippen molar-refractivity contribution in [3.05, 3.63) is 48.6 Å². The van der Waals surface area contributed by atoms with E-state index in [0.717, 1.165) is 5.57 Å². The summed E-state index contributed by atoms with van der Waals surface area (Å²) in [6, 6.07) is 6.79. The number of anilines is 1. The topological polar surface area (TPSA) is 78.9 Å². The van der Waals surface area contributed by atoms with Crippen LogP contribution in [0.3, 0.4) is 0 Å². The molecule has 6 heteroatoms. The Hall–Kier alpha value is -2.60. The van der Waals surface area contributed by atoms with E-state index in [1.807, 2.05) is 13.0 Å². The van der Waals surface area contributed by atoms with Gasteiger partial charge in [0.15, 0.2) is 0 Å². The fourth-order valence-corrected chi connectivity index (χ4v) is 4.55. The normalized spacial score (nSPS) is 34.2. The lowest BCUT2D eigenvalue weighted by atomic mass is 9.74. The summed E-state index contributed by atoms with van der Waals surface area (Å²) in [5.74, 6) is -2.56. The largest absolute Gasteiger partial charge is 0.550 e. The first-order valence-electron chi connectivity index (χ1n) is 8.58. The number of carbonyl (C=O) groups is 2. The van der Waals surface area contributed by atoms with E-state index < -0.39 is 29.5 Å². The molecule has 2 fully saturated rings. The molecule has 0 saturated carbocycles. The molecule has 5 atom stereocenters. The molecule has 26 heavy (non-hydrogen) atoms. The van der Waals surface area contributed by atoms with Gasteiger partial charge < -0.3 is 24.3 Å². The van der Waals surface area contributed by atoms with Crippen LogP contribution in [-0.2, 0) is 14.3 Å². The fourth-order valence-electron chi connectivity index (χ4n) is 4.55. The van der Waals surface area contributed by atoms with Crippen LogP contribution in [0.5, 0.6) is 5.75 Å². The van der Waals surface area contributed by atoms with Gasteiger partial charge in [-0.05, 0) is 37.6 Å². The Bertz CT molecular complexity index is 814. The lowest BCUT2D eigenvalue weighted by Crippen LogP contribution is -2.46. The molecule has 0 radical (unpaired) electrons. The van der Waals surface area contributed by atoms with Crippen molar-refractivity contribution in [3.63, 3.8) is 0 Å². The van der Waals surface area contributed by atoms with Gasteiger partial charge in [-0.25, -0.2) is 0 Å². The van der Waals surface area contributed by atoms with Gasteiger partial charge >= 0.3 is 0 Å². The summed E-state index contributed by atoms with van der Waals surface area (Å²) in [5, 5.41) is 11.7. The molecule has 3 aliphatic rings. The van der Waals surface area contributed by atoms with Gasteiger partial charge in [0.2, 0.25) is 5.91 Å². The van der Waals surface area contributed by atoms with Crippen molar-refractivity contribution in [1.29, 1.82) is 0 Å². The van der Waals surface area contributed by atoms with Crippen molar-refractivity contribution in [2.75, 3.05) is 12.0 Å². The Morgan fingerprint density at radius 3 is 2.65 bits per heavy atom. The van der Waals surface area contributed by atoms with Crippen LogP contribution < -0.4 is 14.7 Å². The van der Waals surface area contributed by atoms with Gasteiger partial charge in [-0.3, -0.25) is 4.79 Å². The second-order valence-corrected chi connectivity index (χ2v) is 7.20. The smallest absolute Gasteiger partial charge is 0.234 e. The van der Waals surface area contributed by atoms with Crippen molar-refractivity contribution in [1.82, 2.24) is 0 Å². The van der Waals surface area contributed by atoms with Crippen molar-refractivity contribution >= 4 is 17.6 Å². The number of carboxylic acids is 1. The van der Waals surface area contributed by atoms with Crippen LogP contribution in [0.25, 0.3) is 0 Å². The van der Waals surface area contributed by atoms with Crippen LogP contribution in [0.2, 0.25) is 0 Å². The number of nitrogens with zero attached hydrogens (tertiary/aromatic N) is 1. The highest BCUT2D eigenvalue weighted by atomic mass is 16.5. The number of aliphatic carboxylic acids is 1. The molecule has 3 aliphatic heterocycles. The van der Waals surface area contributed by atoms with Gasteiger partial charge in [0.25, 0.3) is 0 Å². The predicted octanol–water partition coefficient (Wildman–Crippen LogP) is 1.07. The maximum absolute atomic E-state index is 13.3. The SMILES string of the molecule is C=C(C)C[C@H]1N(c2ccc(OC)cc2)C(=O)[C@@H]2[C@H](C(=O)[O-])[C@H]3C=C[C@]21O3. The van der Waals surface area contributed by atoms with Crippen LogP contribution in [0, 0.1) is 11.8 Å². The number of hydrogen-bond donors (Lipinski definition) is 0. The number of amides is 1. The molecule has 1 aromatic carbocycles. The number of ether oxygens (including phenoxy) is 2. The second kappa shape index (κ2) is 5.71. The van der Waals surface area contributed by atoms with Crippen molar-refractivity contribution in [2.24, 2.45) is 11.8 Å². The maximum Gasteiger partial charge on any atom is 0.234 e. The number of rotatable bonds is 5. The van der Waals surface area contributed by atoms with Crippen molar-refractivity contribution in [2.45, 2.75) is 31.1 Å². The monoisotopic (exact) mass is 354 g/mol. The minimum atomic E-state index is -1.25. The minimum Gasteiger partial charge on any atom is -0.550 e. The zero-order valence-corrected chi connectivity index (χ0v) is 14.7. The van der Waals surface area contributed by atoms with E-state index >= 15 is 0 Å². The Labute approximate surface area is 151 Å². The third-order valence-electron chi connectivity index (χ3n) is 5.59. The number of carboxylic acid groups (broad SMARTS) is 1. The lowest BCUT2D eigenvalue weighted by molar-refractivity contribution is -0.313. The number of methoxy groups -OCH3 is 1. The molecule has 3 heterocycles. The molecule has 4 rings (SSSR count). The lowest BCUT2D eigenvalue weighted by Gasteiger charge is -2.33. The average molecular weight is 354 g/mol. The number of carbonyl (C=O) groups excluding carboxylic acids is 2. The quantitative estimate of drug-likeness (QED) is 0.739. The summed E-state index contributed by atoms with van der Waals surface area (Å²) in [4.78, 5) is 26.6. The van der Waals surface area contributed by atoms with E-state index in [-0.39, 0.29) is 11.9 Å². The molecule has 0 N–H and O–H groups in total. The van der Waals surface area contributed by atoms with E-state index in [1.54, 1.807) is 42.4 Å². The first kappa shape index (κ1) is 16.8. The molecule has 6 nitrogen and oxygen atoms in total. The predicted molar refractivity (Wildman–Crippen MR) is 92.4 cm³/mol. The third kappa shape index (κ3) is 2.15. The summed E-state index contributed by atoms with van der Waals surface area (Å²) in [7, 11) is 1.57. The molecule has 0 aromatic heterocycles. The summed E-state index contributed by atoms with van der Waals surface area (Å²) in [6.07, 6.45) is 3.51. The number of benzene rings is 1. The number of fused-ring (bicyclic) bond motifs is 1. The van der Waals surface area contributed by atoms with Crippen LogP contribution in [0.4, 0.5) is 5.69 Å². The summed E-state index contributed by atoms with van der Waals surface area (Å²) >= 11 is 0. The van der Waals surface area contributed by atoms with Gasteiger partial charge in [0.05, 0.1) is 25.2 Å². The van der Waals surface area contributed by atoms with Crippen LogP contribution >= 0.6 is 0 Å². The van der Waals surface area contributed by atoms with Crippen molar-refractivity contribution < 1.29 is 24.2 Å². The Morgan fingerprint density at radius 1 is 1.38 bits per heavy atom. The first-order chi connectivity index (χ1) is 12.4. The van der Waals surface area contributed by atoms with Crippen LogP contribution in [0.15, 0.2) is 48.6 Å². The van der Waals surface area contributed by atoms with Gasteiger partial charge in [0, 0.05) is 17.6 Å². The molecule has 1 aromatic rings. The molecule has 136 valence electrons. The molecule has 0 aliphatic carbocycles. The standard InChI is InChI=1S/C20H21NO5/c1-11(2)10-15-20-9-8-14(26-20)16(19(23)24)17(20)18(22)21(15)12-4-6-13(25-3)7-5-12/h4-9,14-17H,1,10H2,2-3H3,(H,23,24)/p-1/t14-,15-,16-,17+,20-/m1/s1. The molecule has 1 amide bonds. The van der Waals surface area contributed by atoms with Crippen LogP contribution in [0.1, 0.15) is 13.3 Å². The molecular formula is C20H20NO5-. The Kier molecular flexibility index (Phi) is 3.70. The summed E-state index contributed by atoms with van der Waals surface area (Å²) in [5.41, 5.74) is 0.628. The Morgan fingerprint density at radius 2 is 2.08 bits per heavy atom. The highest BCUT2D eigenvalue weighted by Crippen LogP contribution is 2.56. The maximum atomic E-state index is 13.3. The highest BCUT2D eigenvalue weighted by molar-refractivity contribution is 6.03. The average Bonchev–Trinajstić information content (AvgIpc) is 3.24. The fraction of sp³-hybridized carbons (Fsp3) is 0.400. The van der Waals surface area contributed by atoms with Gasteiger partial charge in [0.1, 0.15) is 11.4 Å². The molecule has 2 bridgehead atoms. The van der Waals surface area contributed by atoms with Crippen molar-refractivity contribution in [3.8, 4) is 5.75 Å². The minimum absolute atomic E-state index is 0.248. The second-order valence-electron chi connectivity index (χ2n) is 7.20. The molecular weight excluding hydrogens is 334 g/mol. The van der Waals surface area contributed by atoms with E-state index in [0.29, 0.717) is 17.9 Å². The molecule has 2 saturated heterocycles. The van der Waals surface area contributed by atoms with E-state index in [2.05, 4.69) is 6.58 Å². The zero-order valence-electron chi connectivity index (χ0n) is 14.7. The molecule has 0 unspecified atom stereocenters. The van der Waals surface area contributed by atoms with Gasteiger partial charge in [-0.2, -0.15) is 0 Å². The third-order valence-corrected chi connectivity index (χ3v) is 5.59. The van der Waals surface area contributed by atoms with E-state index in [9.17, 15) is 14.7 Å². The van der Waals surface area contributed by atoms with Crippen LogP contribution in [-0.4, -0.2) is 36.7 Å².